The molecule has 1 aliphatic heterocycles. The number of halogens is 1. The fourth-order valence-corrected chi connectivity index (χ4v) is 4.23. The SMILES string of the molecule is CNC(=O)c1cc(COC(=O)N2CCC3(CC2)CC(Oc2ccc(Cl)cc2)C3)on1. The largest absolute Gasteiger partial charge is 0.490 e. The summed E-state index contributed by atoms with van der Waals surface area (Å²) in [6, 6.07) is 8.89. The molecule has 1 aromatic carbocycles. The van der Waals surface area contributed by atoms with Crippen LogP contribution in [-0.4, -0.2) is 48.3 Å². The first kappa shape index (κ1) is 20.5. The number of nitrogens with zero attached hydrogens (tertiary/aromatic N) is 2. The van der Waals surface area contributed by atoms with Gasteiger partial charge in [-0.2, -0.15) is 0 Å². The van der Waals surface area contributed by atoms with Crippen molar-refractivity contribution in [3.63, 3.8) is 0 Å². The summed E-state index contributed by atoms with van der Waals surface area (Å²) in [4.78, 5) is 25.5. The number of rotatable bonds is 5. The number of benzene rings is 1. The van der Waals surface area contributed by atoms with Gasteiger partial charge in [0.2, 0.25) is 0 Å². The second-order valence-corrected chi connectivity index (χ2v) is 8.34. The van der Waals surface area contributed by atoms with E-state index in [4.69, 9.17) is 25.6 Å². The Morgan fingerprint density at radius 1 is 1.27 bits per heavy atom. The van der Waals surface area contributed by atoms with E-state index in [1.807, 2.05) is 24.3 Å². The Morgan fingerprint density at radius 3 is 2.63 bits per heavy atom. The first-order valence-corrected chi connectivity index (χ1v) is 10.4. The molecule has 1 aliphatic carbocycles. The summed E-state index contributed by atoms with van der Waals surface area (Å²) in [5.41, 5.74) is 0.408. The number of nitrogens with one attached hydrogen (secondary N) is 1. The van der Waals surface area contributed by atoms with E-state index >= 15 is 0 Å². The van der Waals surface area contributed by atoms with Gasteiger partial charge in [-0.25, -0.2) is 4.79 Å². The highest BCUT2D eigenvalue weighted by Gasteiger charge is 2.47. The van der Waals surface area contributed by atoms with Crippen molar-refractivity contribution in [3.05, 3.63) is 46.8 Å². The monoisotopic (exact) mass is 433 g/mol. The van der Waals surface area contributed by atoms with E-state index < -0.39 is 0 Å². The molecule has 9 heteroatoms. The van der Waals surface area contributed by atoms with Gasteiger partial charge in [-0.15, -0.1) is 0 Å². The molecule has 160 valence electrons. The summed E-state index contributed by atoms with van der Waals surface area (Å²) in [5, 5.41) is 6.80. The molecule has 2 heterocycles. The van der Waals surface area contributed by atoms with Crippen LogP contribution in [0.5, 0.6) is 5.75 Å². The highest BCUT2D eigenvalue weighted by Crippen LogP contribution is 2.50. The molecule has 2 aliphatic rings. The minimum atomic E-state index is -0.379. The van der Waals surface area contributed by atoms with Gasteiger partial charge in [-0.3, -0.25) is 4.79 Å². The molecule has 1 N–H and O–H groups in total. The first-order chi connectivity index (χ1) is 14.5. The average molecular weight is 434 g/mol. The molecule has 2 amide bonds. The Morgan fingerprint density at radius 2 is 1.97 bits per heavy atom. The molecular formula is C21H24ClN3O5. The van der Waals surface area contributed by atoms with E-state index in [2.05, 4.69) is 10.5 Å². The van der Waals surface area contributed by atoms with Crippen LogP contribution in [0.2, 0.25) is 5.02 Å². The van der Waals surface area contributed by atoms with Crippen LogP contribution in [0.1, 0.15) is 41.9 Å². The number of piperidine rings is 1. The number of aromatic nitrogens is 1. The van der Waals surface area contributed by atoms with Gasteiger partial charge >= 0.3 is 6.09 Å². The van der Waals surface area contributed by atoms with Gasteiger partial charge in [0.1, 0.15) is 5.75 Å². The molecule has 1 spiro atoms. The second-order valence-electron chi connectivity index (χ2n) is 7.90. The number of likely N-dealkylation sites (tertiary alicyclic amines) is 1. The van der Waals surface area contributed by atoms with Gasteiger partial charge in [0.15, 0.2) is 18.1 Å². The number of ether oxygens (including phenoxy) is 2. The van der Waals surface area contributed by atoms with Crippen LogP contribution in [0, 0.1) is 5.41 Å². The maximum absolute atomic E-state index is 12.3. The van der Waals surface area contributed by atoms with Crippen molar-refractivity contribution in [1.29, 1.82) is 0 Å². The van der Waals surface area contributed by atoms with Crippen LogP contribution >= 0.6 is 11.6 Å². The van der Waals surface area contributed by atoms with Crippen molar-refractivity contribution in [2.75, 3.05) is 20.1 Å². The molecular weight excluding hydrogens is 410 g/mol. The van der Waals surface area contributed by atoms with Crippen molar-refractivity contribution < 1.29 is 23.6 Å². The summed E-state index contributed by atoms with van der Waals surface area (Å²) in [6.07, 6.45) is 3.71. The Labute approximate surface area is 179 Å². The highest BCUT2D eigenvalue weighted by atomic mass is 35.5. The number of amides is 2. The number of hydrogen-bond donors (Lipinski definition) is 1. The minimum absolute atomic E-state index is 0.0541. The van der Waals surface area contributed by atoms with Gasteiger partial charge < -0.3 is 24.2 Å². The zero-order valence-electron chi connectivity index (χ0n) is 16.7. The lowest BCUT2D eigenvalue weighted by Gasteiger charge is -2.51. The van der Waals surface area contributed by atoms with Gasteiger partial charge in [0, 0.05) is 31.2 Å². The van der Waals surface area contributed by atoms with Crippen LogP contribution < -0.4 is 10.1 Å². The normalized spacial score (nSPS) is 18.0. The predicted octanol–water partition coefficient (Wildman–Crippen LogP) is 3.65. The summed E-state index contributed by atoms with van der Waals surface area (Å²) in [7, 11) is 1.51. The fraction of sp³-hybridized carbons (Fsp3) is 0.476. The Kier molecular flexibility index (Phi) is 5.85. The van der Waals surface area contributed by atoms with Crippen molar-refractivity contribution in [3.8, 4) is 5.75 Å². The van der Waals surface area contributed by atoms with Crippen molar-refractivity contribution >= 4 is 23.6 Å². The van der Waals surface area contributed by atoms with Gasteiger partial charge in [-0.05, 0) is 55.4 Å². The molecule has 2 aromatic rings. The van der Waals surface area contributed by atoms with Gasteiger partial charge in [0.05, 0.1) is 6.10 Å². The van der Waals surface area contributed by atoms with Crippen LogP contribution in [0.15, 0.2) is 34.9 Å². The van der Waals surface area contributed by atoms with Crippen LogP contribution in [-0.2, 0) is 11.3 Å². The molecule has 4 rings (SSSR count). The first-order valence-electron chi connectivity index (χ1n) is 9.98. The molecule has 30 heavy (non-hydrogen) atoms. The lowest BCUT2D eigenvalue weighted by Crippen LogP contribution is -2.52. The van der Waals surface area contributed by atoms with Crippen LogP contribution in [0.4, 0.5) is 4.79 Å². The molecule has 2 fully saturated rings. The van der Waals surface area contributed by atoms with E-state index in [0.29, 0.717) is 23.9 Å². The van der Waals surface area contributed by atoms with E-state index in [0.717, 1.165) is 31.4 Å². The smallest absolute Gasteiger partial charge is 0.410 e. The second kappa shape index (κ2) is 8.55. The lowest BCUT2D eigenvalue weighted by atomic mass is 9.61. The molecule has 1 saturated heterocycles. The minimum Gasteiger partial charge on any atom is -0.490 e. The van der Waals surface area contributed by atoms with Crippen LogP contribution in [0.3, 0.4) is 0 Å². The van der Waals surface area contributed by atoms with E-state index in [9.17, 15) is 9.59 Å². The zero-order chi connectivity index (χ0) is 21.1. The molecule has 8 nitrogen and oxygen atoms in total. The zero-order valence-corrected chi connectivity index (χ0v) is 17.5. The number of carbonyl (C=O) groups excluding carboxylic acids is 2. The van der Waals surface area contributed by atoms with E-state index in [1.54, 1.807) is 4.90 Å². The third-order valence-electron chi connectivity index (χ3n) is 5.88. The predicted molar refractivity (Wildman–Crippen MR) is 108 cm³/mol. The van der Waals surface area contributed by atoms with Gasteiger partial charge in [0.25, 0.3) is 5.91 Å². The molecule has 0 atom stereocenters. The van der Waals surface area contributed by atoms with E-state index in [1.165, 1.54) is 13.1 Å². The Balaban J connectivity index is 1.19. The Bertz CT molecular complexity index is 898. The maximum Gasteiger partial charge on any atom is 0.410 e. The standard InChI is InChI=1S/C21H24ClN3O5/c1-23-19(26)18-10-16(30-24-18)13-28-20(27)25-8-6-21(7-9-25)11-17(12-21)29-15-4-2-14(22)3-5-15/h2-5,10,17H,6-9,11-13H2,1H3,(H,23,26). The lowest BCUT2D eigenvalue weighted by molar-refractivity contribution is -0.0539. The Hall–Kier alpha value is -2.74. The molecule has 0 bridgehead atoms. The summed E-state index contributed by atoms with van der Waals surface area (Å²) < 4.78 is 16.3. The summed E-state index contributed by atoms with van der Waals surface area (Å²) in [6.45, 7) is 1.26. The highest BCUT2D eigenvalue weighted by molar-refractivity contribution is 6.30. The van der Waals surface area contributed by atoms with Gasteiger partial charge in [-0.1, -0.05) is 16.8 Å². The summed E-state index contributed by atoms with van der Waals surface area (Å²) >= 11 is 5.91. The maximum atomic E-state index is 12.3. The number of carbonyl (C=O) groups is 2. The van der Waals surface area contributed by atoms with E-state index in [-0.39, 0.29) is 35.8 Å². The topological polar surface area (TPSA) is 93.9 Å². The number of hydrogen-bond acceptors (Lipinski definition) is 6. The summed E-state index contributed by atoms with van der Waals surface area (Å²) in [5.74, 6) is 0.820. The van der Waals surface area contributed by atoms with Crippen molar-refractivity contribution in [2.45, 2.75) is 38.4 Å². The molecule has 1 aromatic heterocycles. The third kappa shape index (κ3) is 4.53. The quantitative estimate of drug-likeness (QED) is 0.773. The van der Waals surface area contributed by atoms with Crippen molar-refractivity contribution in [1.82, 2.24) is 15.4 Å². The molecule has 0 radical (unpaired) electrons. The fourth-order valence-electron chi connectivity index (χ4n) is 4.11. The van der Waals surface area contributed by atoms with Crippen molar-refractivity contribution in [2.24, 2.45) is 5.41 Å². The molecule has 1 saturated carbocycles. The third-order valence-corrected chi connectivity index (χ3v) is 6.13. The van der Waals surface area contributed by atoms with Crippen LogP contribution in [0.25, 0.3) is 0 Å². The molecule has 0 unspecified atom stereocenters. The average Bonchev–Trinajstić information content (AvgIpc) is 3.21.